The summed E-state index contributed by atoms with van der Waals surface area (Å²) in [4.78, 5) is 1.54. The molecule has 1 aliphatic carbocycles. The standard InChI is InChI=1S/C16H17Br2NS/c1-10(11-5-2-3-6-13(11)17)19-14-7-4-8-15-12(14)9-16(18)20-15/h2-3,5-6,9-10,14,19H,4,7-8H2,1H3/t10-,14?/m0/s1. The molecule has 1 heterocycles. The molecule has 4 heteroatoms. The summed E-state index contributed by atoms with van der Waals surface area (Å²) in [5, 5.41) is 3.80. The van der Waals surface area contributed by atoms with Crippen molar-refractivity contribution in [3.63, 3.8) is 0 Å². The lowest BCUT2D eigenvalue weighted by molar-refractivity contribution is 0.417. The molecule has 1 aliphatic rings. The van der Waals surface area contributed by atoms with E-state index < -0.39 is 0 Å². The van der Waals surface area contributed by atoms with Crippen LogP contribution < -0.4 is 5.32 Å². The van der Waals surface area contributed by atoms with Crippen molar-refractivity contribution in [1.82, 2.24) is 5.32 Å². The Morgan fingerprint density at radius 2 is 2.10 bits per heavy atom. The first kappa shape index (κ1) is 14.8. The number of thiophene rings is 1. The molecule has 1 N–H and O–H groups in total. The summed E-state index contributed by atoms with van der Waals surface area (Å²) < 4.78 is 2.44. The van der Waals surface area contributed by atoms with E-state index >= 15 is 0 Å². The molecule has 0 spiro atoms. The Morgan fingerprint density at radius 3 is 2.90 bits per heavy atom. The largest absolute Gasteiger partial charge is 0.303 e. The number of hydrogen-bond donors (Lipinski definition) is 1. The molecule has 2 atom stereocenters. The molecule has 1 nitrogen and oxygen atoms in total. The number of benzene rings is 1. The van der Waals surface area contributed by atoms with Gasteiger partial charge in [0, 0.05) is 21.4 Å². The minimum absolute atomic E-state index is 0.347. The Bertz CT molecular complexity index is 608. The van der Waals surface area contributed by atoms with E-state index in [9.17, 15) is 0 Å². The van der Waals surface area contributed by atoms with Crippen LogP contribution in [0, 0.1) is 0 Å². The van der Waals surface area contributed by atoms with Crippen LogP contribution in [0.1, 0.15) is 47.9 Å². The molecule has 0 amide bonds. The molecule has 3 rings (SSSR count). The number of aryl methyl sites for hydroxylation is 1. The lowest BCUT2D eigenvalue weighted by Crippen LogP contribution is -2.27. The molecular formula is C16H17Br2NS. The number of hydrogen-bond acceptors (Lipinski definition) is 2. The highest BCUT2D eigenvalue weighted by Crippen LogP contribution is 2.39. The molecule has 0 saturated carbocycles. The Morgan fingerprint density at radius 1 is 1.30 bits per heavy atom. The molecule has 1 unspecified atom stereocenters. The average Bonchev–Trinajstić information content (AvgIpc) is 2.80. The van der Waals surface area contributed by atoms with Gasteiger partial charge in [0.25, 0.3) is 0 Å². The fourth-order valence-electron chi connectivity index (χ4n) is 2.91. The van der Waals surface area contributed by atoms with E-state index in [0.29, 0.717) is 12.1 Å². The fourth-order valence-corrected chi connectivity index (χ4v) is 5.36. The highest BCUT2D eigenvalue weighted by Gasteiger charge is 2.24. The number of rotatable bonds is 3. The minimum atomic E-state index is 0.347. The Hall–Kier alpha value is -0.160. The van der Waals surface area contributed by atoms with Crippen LogP contribution in [-0.4, -0.2) is 0 Å². The smallest absolute Gasteiger partial charge is 0.0704 e. The van der Waals surface area contributed by atoms with Crippen LogP contribution >= 0.6 is 43.2 Å². The summed E-state index contributed by atoms with van der Waals surface area (Å²) in [5.74, 6) is 0. The minimum Gasteiger partial charge on any atom is -0.303 e. The number of fused-ring (bicyclic) bond motifs is 1. The zero-order valence-corrected chi connectivity index (χ0v) is 15.3. The highest BCUT2D eigenvalue weighted by atomic mass is 79.9. The molecular weight excluding hydrogens is 398 g/mol. The van der Waals surface area contributed by atoms with Crippen molar-refractivity contribution < 1.29 is 0 Å². The summed E-state index contributed by atoms with van der Waals surface area (Å²) in [6, 6.07) is 11.6. The van der Waals surface area contributed by atoms with Crippen LogP contribution in [0.15, 0.2) is 38.6 Å². The van der Waals surface area contributed by atoms with Crippen molar-refractivity contribution in [2.45, 2.75) is 38.3 Å². The summed E-state index contributed by atoms with van der Waals surface area (Å²) in [6.07, 6.45) is 3.73. The van der Waals surface area contributed by atoms with Gasteiger partial charge in [0.2, 0.25) is 0 Å². The zero-order chi connectivity index (χ0) is 14.1. The summed E-state index contributed by atoms with van der Waals surface area (Å²) in [7, 11) is 0. The van der Waals surface area contributed by atoms with Gasteiger partial charge in [-0.1, -0.05) is 34.1 Å². The topological polar surface area (TPSA) is 12.0 Å². The average molecular weight is 415 g/mol. The van der Waals surface area contributed by atoms with Crippen LogP contribution in [0.3, 0.4) is 0 Å². The van der Waals surface area contributed by atoms with Gasteiger partial charge in [-0.05, 0) is 65.4 Å². The Balaban J connectivity index is 1.80. The van der Waals surface area contributed by atoms with Crippen molar-refractivity contribution in [2.75, 3.05) is 0 Å². The van der Waals surface area contributed by atoms with Gasteiger partial charge < -0.3 is 5.32 Å². The highest BCUT2D eigenvalue weighted by molar-refractivity contribution is 9.11. The van der Waals surface area contributed by atoms with Crippen LogP contribution in [-0.2, 0) is 6.42 Å². The van der Waals surface area contributed by atoms with E-state index in [2.05, 4.69) is 74.4 Å². The fraction of sp³-hybridized carbons (Fsp3) is 0.375. The number of halogens is 2. The quantitative estimate of drug-likeness (QED) is 0.649. The maximum absolute atomic E-state index is 3.80. The maximum Gasteiger partial charge on any atom is 0.0704 e. The second-order valence-electron chi connectivity index (χ2n) is 5.28. The summed E-state index contributed by atoms with van der Waals surface area (Å²) >= 11 is 9.17. The predicted molar refractivity (Wildman–Crippen MR) is 93.4 cm³/mol. The van der Waals surface area contributed by atoms with Gasteiger partial charge in [-0.3, -0.25) is 0 Å². The van der Waals surface area contributed by atoms with Crippen molar-refractivity contribution in [3.05, 3.63) is 54.6 Å². The van der Waals surface area contributed by atoms with Crippen molar-refractivity contribution >= 4 is 43.2 Å². The van der Waals surface area contributed by atoms with Gasteiger partial charge in [-0.15, -0.1) is 11.3 Å². The second kappa shape index (κ2) is 6.30. The van der Waals surface area contributed by atoms with Gasteiger partial charge in [0.1, 0.15) is 0 Å². The molecule has 0 bridgehead atoms. The molecule has 1 aromatic heterocycles. The van der Waals surface area contributed by atoms with Crippen molar-refractivity contribution in [3.8, 4) is 0 Å². The second-order valence-corrected chi connectivity index (χ2v) is 8.65. The van der Waals surface area contributed by atoms with Gasteiger partial charge in [-0.25, -0.2) is 0 Å². The van der Waals surface area contributed by atoms with Crippen LogP contribution in [0.5, 0.6) is 0 Å². The Labute approximate surface area is 141 Å². The zero-order valence-electron chi connectivity index (χ0n) is 11.3. The maximum atomic E-state index is 3.80. The van der Waals surface area contributed by atoms with Crippen LogP contribution in [0.25, 0.3) is 0 Å². The summed E-state index contributed by atoms with van der Waals surface area (Å²) in [5.41, 5.74) is 2.82. The van der Waals surface area contributed by atoms with E-state index in [4.69, 9.17) is 0 Å². The molecule has 2 aromatic rings. The normalized spacial score (nSPS) is 19.6. The van der Waals surface area contributed by atoms with E-state index in [1.807, 2.05) is 11.3 Å². The molecule has 0 aliphatic heterocycles. The first-order chi connectivity index (χ1) is 9.65. The molecule has 0 fully saturated rings. The molecule has 1 aromatic carbocycles. The van der Waals surface area contributed by atoms with Gasteiger partial charge in [0.05, 0.1) is 3.79 Å². The van der Waals surface area contributed by atoms with Crippen molar-refractivity contribution in [2.24, 2.45) is 0 Å². The van der Waals surface area contributed by atoms with Crippen molar-refractivity contribution in [1.29, 1.82) is 0 Å². The molecule has 0 radical (unpaired) electrons. The first-order valence-electron chi connectivity index (χ1n) is 6.93. The van der Waals surface area contributed by atoms with Gasteiger partial charge in [-0.2, -0.15) is 0 Å². The third-order valence-corrected chi connectivity index (χ3v) is 6.34. The van der Waals surface area contributed by atoms with Gasteiger partial charge in [0.15, 0.2) is 0 Å². The lowest BCUT2D eigenvalue weighted by Gasteiger charge is -2.27. The van der Waals surface area contributed by atoms with Gasteiger partial charge >= 0.3 is 0 Å². The van der Waals surface area contributed by atoms with Crippen LogP contribution in [0.4, 0.5) is 0 Å². The third-order valence-electron chi connectivity index (χ3n) is 3.91. The van der Waals surface area contributed by atoms with E-state index in [1.54, 1.807) is 4.88 Å². The predicted octanol–water partition coefficient (Wildman–Crippen LogP) is 6.00. The monoisotopic (exact) mass is 413 g/mol. The molecule has 20 heavy (non-hydrogen) atoms. The lowest BCUT2D eigenvalue weighted by atomic mass is 9.93. The van der Waals surface area contributed by atoms with Crippen LogP contribution in [0.2, 0.25) is 0 Å². The third kappa shape index (κ3) is 3.03. The van der Waals surface area contributed by atoms with E-state index in [0.717, 1.165) is 0 Å². The molecule has 106 valence electrons. The summed E-state index contributed by atoms with van der Waals surface area (Å²) in [6.45, 7) is 2.25. The van der Waals surface area contributed by atoms with E-state index in [1.165, 1.54) is 38.6 Å². The van der Waals surface area contributed by atoms with E-state index in [-0.39, 0.29) is 0 Å². The SMILES string of the molecule is C[C@H](NC1CCCc2sc(Br)cc21)c1ccccc1Br. The molecule has 0 saturated heterocycles. The Kier molecular flexibility index (Phi) is 4.65. The number of nitrogens with one attached hydrogen (secondary N) is 1. The first-order valence-corrected chi connectivity index (χ1v) is 9.34.